The number of hydrogen-bond acceptors (Lipinski definition) is 10. The summed E-state index contributed by atoms with van der Waals surface area (Å²) in [6, 6.07) is 19.7. The molecule has 0 amide bonds. The summed E-state index contributed by atoms with van der Waals surface area (Å²) in [7, 11) is 3.09. The molecule has 0 saturated heterocycles. The molecule has 0 atom stereocenters. The van der Waals surface area contributed by atoms with E-state index in [1.807, 2.05) is 0 Å². The number of non-ortho nitro benzene ring substituents is 1. The van der Waals surface area contributed by atoms with Gasteiger partial charge in [-0.2, -0.15) is 4.98 Å². The van der Waals surface area contributed by atoms with Gasteiger partial charge < -0.3 is 20.1 Å². The van der Waals surface area contributed by atoms with Crippen molar-refractivity contribution in [2.24, 2.45) is 0 Å². The molecule has 0 aliphatic rings. The fourth-order valence-electron chi connectivity index (χ4n) is 3.44. The zero-order valence-electron chi connectivity index (χ0n) is 20.3. The second kappa shape index (κ2) is 11.5. The quantitative estimate of drug-likeness (QED) is 0.191. The van der Waals surface area contributed by atoms with Gasteiger partial charge in [-0.1, -0.05) is 18.2 Å². The van der Waals surface area contributed by atoms with Gasteiger partial charge in [-0.15, -0.1) is 0 Å². The second-order valence-corrected chi connectivity index (χ2v) is 7.78. The molecule has 1 aromatic heterocycles. The van der Waals surface area contributed by atoms with Crippen LogP contribution in [0.1, 0.15) is 11.3 Å². The van der Waals surface area contributed by atoms with Gasteiger partial charge in [-0.05, 0) is 60.2 Å². The Labute approximate surface area is 216 Å². The Morgan fingerprint density at radius 1 is 0.763 bits per heavy atom. The Hall–Kier alpha value is -5.52. The Balaban J connectivity index is 1.78. The van der Waals surface area contributed by atoms with Crippen LogP contribution >= 0.6 is 0 Å². The summed E-state index contributed by atoms with van der Waals surface area (Å²) in [6.45, 7) is 0. The third-order valence-corrected chi connectivity index (χ3v) is 5.31. The van der Waals surface area contributed by atoms with Crippen molar-refractivity contribution in [2.45, 2.75) is 0 Å². The van der Waals surface area contributed by atoms with E-state index in [0.717, 1.165) is 0 Å². The van der Waals surface area contributed by atoms with Crippen molar-refractivity contribution in [1.29, 1.82) is 0 Å². The Morgan fingerprint density at radius 2 is 1.37 bits per heavy atom. The van der Waals surface area contributed by atoms with Crippen LogP contribution in [0, 0.1) is 20.2 Å². The number of anilines is 4. The van der Waals surface area contributed by atoms with E-state index in [0.29, 0.717) is 28.4 Å². The van der Waals surface area contributed by atoms with Crippen molar-refractivity contribution >= 4 is 46.7 Å². The van der Waals surface area contributed by atoms with Crippen LogP contribution in [0.2, 0.25) is 0 Å². The van der Waals surface area contributed by atoms with Crippen LogP contribution in [0.4, 0.5) is 34.5 Å². The molecule has 12 heteroatoms. The Morgan fingerprint density at radius 3 is 1.92 bits per heavy atom. The summed E-state index contributed by atoms with van der Waals surface area (Å²) in [5.41, 5.74) is 1.15. The van der Waals surface area contributed by atoms with Crippen LogP contribution < -0.4 is 20.1 Å². The lowest BCUT2D eigenvalue weighted by Crippen LogP contribution is -2.07. The van der Waals surface area contributed by atoms with Gasteiger partial charge in [0.15, 0.2) is 0 Å². The highest BCUT2D eigenvalue weighted by molar-refractivity contribution is 5.80. The van der Waals surface area contributed by atoms with Gasteiger partial charge in [-0.3, -0.25) is 20.2 Å². The number of nitro groups is 2. The van der Waals surface area contributed by atoms with E-state index in [9.17, 15) is 20.2 Å². The molecule has 0 fully saturated rings. The minimum absolute atomic E-state index is 0.0106. The first-order chi connectivity index (χ1) is 18.4. The molecule has 0 spiro atoms. The summed E-state index contributed by atoms with van der Waals surface area (Å²) in [6.07, 6.45) is 2.92. The van der Waals surface area contributed by atoms with Gasteiger partial charge in [0.2, 0.25) is 11.8 Å². The summed E-state index contributed by atoms with van der Waals surface area (Å²) < 4.78 is 10.3. The lowest BCUT2D eigenvalue weighted by atomic mass is 10.1. The molecule has 192 valence electrons. The molecule has 1 heterocycles. The molecule has 0 aliphatic heterocycles. The van der Waals surface area contributed by atoms with Crippen LogP contribution in [-0.4, -0.2) is 34.0 Å². The Kier molecular flexibility index (Phi) is 7.72. The van der Waals surface area contributed by atoms with Crippen molar-refractivity contribution in [3.05, 3.63) is 104 Å². The van der Waals surface area contributed by atoms with Crippen molar-refractivity contribution in [2.75, 3.05) is 24.9 Å². The molecule has 4 rings (SSSR count). The van der Waals surface area contributed by atoms with E-state index in [2.05, 4.69) is 20.6 Å². The summed E-state index contributed by atoms with van der Waals surface area (Å²) >= 11 is 0. The van der Waals surface area contributed by atoms with Gasteiger partial charge in [0.25, 0.3) is 5.69 Å². The first kappa shape index (κ1) is 25.6. The number of rotatable bonds is 10. The molecule has 0 saturated carbocycles. The van der Waals surface area contributed by atoms with Gasteiger partial charge in [0.1, 0.15) is 17.2 Å². The zero-order valence-corrected chi connectivity index (χ0v) is 20.3. The molecule has 0 unspecified atom stereocenters. The normalized spacial score (nSPS) is 10.7. The first-order valence-corrected chi connectivity index (χ1v) is 11.2. The first-order valence-electron chi connectivity index (χ1n) is 11.2. The zero-order chi connectivity index (χ0) is 27.1. The number of nitrogens with zero attached hydrogens (tertiary/aromatic N) is 4. The molecule has 0 radical (unpaired) electrons. The lowest BCUT2D eigenvalue weighted by molar-refractivity contribution is -0.384. The molecule has 38 heavy (non-hydrogen) atoms. The lowest BCUT2D eigenvalue weighted by Gasteiger charge is -2.12. The van der Waals surface area contributed by atoms with E-state index in [1.165, 1.54) is 37.5 Å². The number of hydrogen-bond donors (Lipinski definition) is 2. The van der Waals surface area contributed by atoms with Crippen molar-refractivity contribution < 1.29 is 19.3 Å². The topological polar surface area (TPSA) is 155 Å². The highest BCUT2D eigenvalue weighted by atomic mass is 16.6. The van der Waals surface area contributed by atoms with Crippen molar-refractivity contribution in [3.8, 4) is 11.5 Å². The number of methoxy groups -OCH3 is 2. The van der Waals surface area contributed by atoms with E-state index in [1.54, 1.807) is 61.7 Å². The van der Waals surface area contributed by atoms with E-state index >= 15 is 0 Å². The highest BCUT2D eigenvalue weighted by Gasteiger charge is 2.24. The van der Waals surface area contributed by atoms with Gasteiger partial charge >= 0.3 is 5.69 Å². The molecular formula is C26H22N6O6. The SMILES string of the molecule is COc1ccc(Nc2nc(/C=C\c3cccc([N+](=O)[O-])c3)c([N+](=O)[O-])c(Nc3ccc(OC)cc3)n2)cc1. The average molecular weight is 514 g/mol. The maximum Gasteiger partial charge on any atom is 0.337 e. The molecular weight excluding hydrogens is 492 g/mol. The minimum atomic E-state index is -0.587. The summed E-state index contributed by atoms with van der Waals surface area (Å²) in [5, 5.41) is 29.3. The molecule has 4 aromatic rings. The molecule has 2 N–H and O–H groups in total. The van der Waals surface area contributed by atoms with E-state index in [-0.39, 0.29) is 28.8 Å². The van der Waals surface area contributed by atoms with Crippen LogP contribution in [0.3, 0.4) is 0 Å². The van der Waals surface area contributed by atoms with Crippen LogP contribution in [0.15, 0.2) is 72.8 Å². The number of ether oxygens (including phenoxy) is 2. The third kappa shape index (κ3) is 6.18. The monoisotopic (exact) mass is 514 g/mol. The largest absolute Gasteiger partial charge is 0.497 e. The predicted molar refractivity (Wildman–Crippen MR) is 143 cm³/mol. The molecule has 0 bridgehead atoms. The summed E-state index contributed by atoms with van der Waals surface area (Å²) in [5.74, 6) is 1.32. The molecule has 12 nitrogen and oxygen atoms in total. The van der Waals surface area contributed by atoms with Crippen LogP contribution in [-0.2, 0) is 0 Å². The standard InChI is InChI=1S/C26H22N6O6/c1-37-21-11-7-18(8-12-21)27-25-24(32(35)36)23(15-6-17-4-3-5-20(16-17)31(33)34)29-26(30-25)28-19-9-13-22(38-2)14-10-19/h3-16H,1-2H3,(H2,27,28,29,30)/b15-6-. The predicted octanol–water partition coefficient (Wildman–Crippen LogP) is 5.97. The van der Waals surface area contributed by atoms with Gasteiger partial charge in [-0.25, -0.2) is 4.98 Å². The number of nitrogens with one attached hydrogen (secondary N) is 2. The van der Waals surface area contributed by atoms with Crippen molar-refractivity contribution in [1.82, 2.24) is 9.97 Å². The van der Waals surface area contributed by atoms with Gasteiger partial charge in [0.05, 0.1) is 24.1 Å². The number of nitro benzene ring substituents is 1. The molecule has 0 aliphatic carbocycles. The third-order valence-electron chi connectivity index (χ3n) is 5.31. The average Bonchev–Trinajstić information content (AvgIpc) is 2.92. The van der Waals surface area contributed by atoms with Gasteiger partial charge in [0, 0.05) is 23.5 Å². The number of benzene rings is 3. The fourth-order valence-corrected chi connectivity index (χ4v) is 3.44. The van der Waals surface area contributed by atoms with Crippen LogP contribution in [0.5, 0.6) is 11.5 Å². The maximum atomic E-state index is 12.1. The van der Waals surface area contributed by atoms with E-state index < -0.39 is 9.85 Å². The summed E-state index contributed by atoms with van der Waals surface area (Å²) in [4.78, 5) is 30.9. The maximum absolute atomic E-state index is 12.1. The smallest absolute Gasteiger partial charge is 0.337 e. The second-order valence-electron chi connectivity index (χ2n) is 7.78. The minimum Gasteiger partial charge on any atom is -0.497 e. The number of aromatic nitrogens is 2. The van der Waals surface area contributed by atoms with E-state index in [4.69, 9.17) is 9.47 Å². The molecule has 3 aromatic carbocycles. The van der Waals surface area contributed by atoms with Crippen molar-refractivity contribution in [3.63, 3.8) is 0 Å². The highest BCUT2D eigenvalue weighted by Crippen LogP contribution is 2.32. The fraction of sp³-hybridized carbons (Fsp3) is 0.0769. The Bertz CT molecular complexity index is 1490. The van der Waals surface area contributed by atoms with Crippen LogP contribution in [0.25, 0.3) is 12.2 Å².